The van der Waals surface area contributed by atoms with Gasteiger partial charge in [0, 0.05) is 6.08 Å². The molecule has 0 spiro atoms. The van der Waals surface area contributed by atoms with Crippen LogP contribution in [0.3, 0.4) is 0 Å². The van der Waals surface area contributed by atoms with Crippen LogP contribution in [0, 0.1) is 17.2 Å². The van der Waals surface area contributed by atoms with E-state index in [-0.39, 0.29) is 0 Å². The van der Waals surface area contributed by atoms with Gasteiger partial charge in [-0.05, 0) is 54.2 Å². The Kier molecular flexibility index (Phi) is 2.29. The van der Waals surface area contributed by atoms with Crippen LogP contribution < -0.4 is 0 Å². The van der Waals surface area contributed by atoms with Crippen LogP contribution in [0.5, 0.6) is 0 Å². The first-order valence-corrected chi connectivity index (χ1v) is 6.08. The van der Waals surface area contributed by atoms with Crippen molar-refractivity contribution in [1.29, 1.82) is 5.26 Å². The van der Waals surface area contributed by atoms with E-state index in [4.69, 9.17) is 5.26 Å². The van der Waals surface area contributed by atoms with Crippen molar-refractivity contribution >= 4 is 5.57 Å². The van der Waals surface area contributed by atoms with Gasteiger partial charge >= 0.3 is 0 Å². The molecule has 3 rings (SSSR count). The van der Waals surface area contributed by atoms with Crippen LogP contribution in [0.2, 0.25) is 0 Å². The number of rotatable bonds is 1. The molecule has 0 amide bonds. The zero-order valence-electron chi connectivity index (χ0n) is 9.32. The maximum absolute atomic E-state index is 8.81. The summed E-state index contributed by atoms with van der Waals surface area (Å²) in [6.45, 7) is 0. The summed E-state index contributed by atoms with van der Waals surface area (Å²) >= 11 is 0. The normalized spacial score (nSPS) is 26.2. The van der Waals surface area contributed by atoms with Crippen LogP contribution in [0.1, 0.15) is 42.7 Å². The fraction of sp³-hybridized carbons (Fsp3) is 0.400. The lowest BCUT2D eigenvalue weighted by Crippen LogP contribution is -2.10. The van der Waals surface area contributed by atoms with Crippen molar-refractivity contribution in [3.63, 3.8) is 0 Å². The predicted octanol–water partition coefficient (Wildman–Crippen LogP) is 3.88. The third kappa shape index (κ3) is 1.55. The molecule has 16 heavy (non-hydrogen) atoms. The molecule has 1 heteroatoms. The van der Waals surface area contributed by atoms with Crippen LogP contribution in [0.4, 0.5) is 0 Å². The molecular weight excluding hydrogens is 194 g/mol. The van der Waals surface area contributed by atoms with Crippen molar-refractivity contribution in [1.82, 2.24) is 0 Å². The third-order valence-electron chi connectivity index (χ3n) is 3.86. The Bertz CT molecular complexity index is 474. The number of nitriles is 1. The highest BCUT2D eigenvalue weighted by Gasteiger charge is 2.35. The highest BCUT2D eigenvalue weighted by Crippen LogP contribution is 2.50. The summed E-state index contributed by atoms with van der Waals surface area (Å²) in [5.74, 6) is 1.68. The number of fused-ring (bicyclic) bond motifs is 1. The summed E-state index contributed by atoms with van der Waals surface area (Å²) in [7, 11) is 0. The lowest BCUT2D eigenvalue weighted by Gasteiger charge is -2.27. The van der Waals surface area contributed by atoms with E-state index in [9.17, 15) is 0 Å². The summed E-state index contributed by atoms with van der Waals surface area (Å²) in [6, 6.07) is 10.8. The van der Waals surface area contributed by atoms with Gasteiger partial charge in [-0.2, -0.15) is 5.26 Å². The fourth-order valence-electron chi connectivity index (χ4n) is 2.93. The van der Waals surface area contributed by atoms with Gasteiger partial charge in [-0.3, -0.25) is 0 Å². The first-order valence-electron chi connectivity index (χ1n) is 6.08. The van der Waals surface area contributed by atoms with E-state index < -0.39 is 0 Å². The number of hydrogen-bond donors (Lipinski definition) is 0. The van der Waals surface area contributed by atoms with Crippen molar-refractivity contribution in [2.75, 3.05) is 0 Å². The number of nitrogens with zero attached hydrogens (tertiary/aromatic N) is 1. The van der Waals surface area contributed by atoms with Crippen molar-refractivity contribution in [2.24, 2.45) is 5.92 Å². The highest BCUT2D eigenvalue weighted by atomic mass is 14.4. The van der Waals surface area contributed by atoms with Crippen molar-refractivity contribution in [3.8, 4) is 6.07 Å². The van der Waals surface area contributed by atoms with Gasteiger partial charge in [-0.25, -0.2) is 0 Å². The first kappa shape index (κ1) is 9.66. The van der Waals surface area contributed by atoms with Gasteiger partial charge in [0.1, 0.15) is 0 Å². The molecule has 0 radical (unpaired) electrons. The molecule has 2 aliphatic carbocycles. The van der Waals surface area contributed by atoms with Crippen LogP contribution in [-0.2, 0) is 0 Å². The van der Waals surface area contributed by atoms with Crippen LogP contribution in [0.15, 0.2) is 30.3 Å². The second kappa shape index (κ2) is 3.79. The number of allylic oxidation sites excluding steroid dienone is 2. The topological polar surface area (TPSA) is 23.8 Å². The maximum atomic E-state index is 8.81. The molecule has 1 aromatic carbocycles. The maximum Gasteiger partial charge on any atom is 0.0915 e. The second-order valence-corrected chi connectivity index (χ2v) is 4.87. The Balaban J connectivity index is 2.06. The van der Waals surface area contributed by atoms with Gasteiger partial charge < -0.3 is 0 Å². The lowest BCUT2D eigenvalue weighted by atomic mass is 9.77. The molecule has 0 N–H and O–H groups in total. The monoisotopic (exact) mass is 209 g/mol. The van der Waals surface area contributed by atoms with Crippen molar-refractivity contribution in [2.45, 2.75) is 31.6 Å². The van der Waals surface area contributed by atoms with E-state index in [0.717, 1.165) is 18.3 Å². The molecule has 1 fully saturated rings. The Hall–Kier alpha value is -1.55. The summed E-state index contributed by atoms with van der Waals surface area (Å²) in [4.78, 5) is 0. The summed E-state index contributed by atoms with van der Waals surface area (Å²) in [5, 5.41) is 8.81. The van der Waals surface area contributed by atoms with E-state index in [1.54, 1.807) is 6.08 Å². The van der Waals surface area contributed by atoms with Crippen molar-refractivity contribution < 1.29 is 0 Å². The number of hydrogen-bond acceptors (Lipinski definition) is 1. The zero-order chi connectivity index (χ0) is 11.0. The minimum Gasteiger partial charge on any atom is -0.193 e. The molecule has 1 saturated carbocycles. The van der Waals surface area contributed by atoms with Crippen LogP contribution in [0.25, 0.3) is 5.57 Å². The summed E-state index contributed by atoms with van der Waals surface area (Å²) in [6.07, 6.45) is 6.83. The van der Waals surface area contributed by atoms with Crippen LogP contribution >= 0.6 is 0 Å². The molecule has 80 valence electrons. The average Bonchev–Trinajstić information content (AvgIpc) is 3.14. The highest BCUT2D eigenvalue weighted by molar-refractivity contribution is 5.72. The number of benzene rings is 1. The minimum atomic E-state index is 0.757. The van der Waals surface area contributed by atoms with E-state index in [2.05, 4.69) is 30.3 Å². The van der Waals surface area contributed by atoms with E-state index >= 15 is 0 Å². The third-order valence-corrected chi connectivity index (χ3v) is 3.86. The molecule has 1 atom stereocenters. The second-order valence-electron chi connectivity index (χ2n) is 4.87. The standard InChI is InChI=1S/C15H15N/c16-10-9-12-7-8-14(11-5-6-11)15-4-2-1-3-13(12)15/h1-4,9,11,14H,5-8H2. The van der Waals surface area contributed by atoms with Gasteiger partial charge in [-0.1, -0.05) is 24.3 Å². The largest absolute Gasteiger partial charge is 0.193 e. The minimum absolute atomic E-state index is 0.757. The molecule has 1 unspecified atom stereocenters. The summed E-state index contributed by atoms with van der Waals surface area (Å²) in [5.41, 5.74) is 4.04. The van der Waals surface area contributed by atoms with Gasteiger partial charge in [0.15, 0.2) is 0 Å². The molecule has 0 saturated heterocycles. The van der Waals surface area contributed by atoms with E-state index in [0.29, 0.717) is 0 Å². The molecule has 2 aliphatic rings. The van der Waals surface area contributed by atoms with Crippen LogP contribution in [-0.4, -0.2) is 0 Å². The average molecular weight is 209 g/mol. The predicted molar refractivity (Wildman–Crippen MR) is 64.7 cm³/mol. The molecule has 0 aromatic heterocycles. The quantitative estimate of drug-likeness (QED) is 0.644. The fourth-order valence-corrected chi connectivity index (χ4v) is 2.93. The van der Waals surface area contributed by atoms with Gasteiger partial charge in [-0.15, -0.1) is 0 Å². The molecule has 0 aliphatic heterocycles. The Morgan fingerprint density at radius 1 is 1.19 bits per heavy atom. The molecular formula is C15H15N. The van der Waals surface area contributed by atoms with Gasteiger partial charge in [0.25, 0.3) is 0 Å². The van der Waals surface area contributed by atoms with Gasteiger partial charge in [0.2, 0.25) is 0 Å². The smallest absolute Gasteiger partial charge is 0.0915 e. The molecule has 0 heterocycles. The Morgan fingerprint density at radius 3 is 2.75 bits per heavy atom. The van der Waals surface area contributed by atoms with E-state index in [1.807, 2.05) is 0 Å². The molecule has 1 nitrogen and oxygen atoms in total. The Labute approximate surface area is 96.4 Å². The summed E-state index contributed by atoms with van der Waals surface area (Å²) < 4.78 is 0. The van der Waals surface area contributed by atoms with Gasteiger partial charge in [0.05, 0.1) is 6.07 Å². The molecule has 1 aromatic rings. The van der Waals surface area contributed by atoms with E-state index in [1.165, 1.54) is 36.0 Å². The first-order chi connectivity index (χ1) is 7.90. The SMILES string of the molecule is N#CC=C1CCC(C2CC2)c2ccccc21. The van der Waals surface area contributed by atoms with Crippen molar-refractivity contribution in [3.05, 3.63) is 41.5 Å². The Morgan fingerprint density at radius 2 is 2.00 bits per heavy atom. The molecule has 0 bridgehead atoms. The zero-order valence-corrected chi connectivity index (χ0v) is 9.32. The lowest BCUT2D eigenvalue weighted by molar-refractivity contribution is 0.553.